The molecular weight excluding hydrogens is 232 g/mol. The summed E-state index contributed by atoms with van der Waals surface area (Å²) in [6, 6.07) is 8.24. The van der Waals surface area contributed by atoms with E-state index < -0.39 is 12.3 Å². The van der Waals surface area contributed by atoms with Crippen LogP contribution in [0.5, 0.6) is 0 Å². The van der Waals surface area contributed by atoms with E-state index in [0.29, 0.717) is 0 Å². The molecule has 100 valence electrons. The first-order chi connectivity index (χ1) is 8.60. The number of ether oxygens (including phenoxy) is 2. The minimum atomic E-state index is -0.692. The summed E-state index contributed by atoms with van der Waals surface area (Å²) in [5.74, 6) is -0.257. The molecule has 0 heterocycles. The van der Waals surface area contributed by atoms with Gasteiger partial charge in [-0.05, 0) is 12.5 Å². The van der Waals surface area contributed by atoms with E-state index in [1.165, 1.54) is 14.2 Å². The third-order valence-corrected chi connectivity index (χ3v) is 2.68. The molecule has 2 atom stereocenters. The van der Waals surface area contributed by atoms with Crippen molar-refractivity contribution in [1.82, 2.24) is 5.32 Å². The number of nitrogens with two attached hydrogens (primary N) is 1. The zero-order valence-electron chi connectivity index (χ0n) is 10.9. The molecule has 1 aromatic rings. The average molecular weight is 252 g/mol. The summed E-state index contributed by atoms with van der Waals surface area (Å²) < 4.78 is 10.1. The van der Waals surface area contributed by atoms with E-state index in [-0.39, 0.29) is 11.9 Å². The van der Waals surface area contributed by atoms with Gasteiger partial charge in [-0.25, -0.2) is 0 Å². The fourth-order valence-corrected chi connectivity index (χ4v) is 1.70. The van der Waals surface area contributed by atoms with Gasteiger partial charge in [-0.2, -0.15) is 0 Å². The van der Waals surface area contributed by atoms with E-state index in [9.17, 15) is 4.79 Å². The number of hydrogen-bond acceptors (Lipinski definition) is 4. The maximum absolute atomic E-state index is 11.9. The lowest BCUT2D eigenvalue weighted by molar-refractivity contribution is -0.136. The summed E-state index contributed by atoms with van der Waals surface area (Å²) in [7, 11) is 3.04. The van der Waals surface area contributed by atoms with E-state index in [0.717, 1.165) is 5.56 Å². The number of nitrogens with one attached hydrogen (secondary N) is 1. The average Bonchev–Trinajstić information content (AvgIpc) is 2.40. The number of carbonyl (C=O) groups is 1. The van der Waals surface area contributed by atoms with Gasteiger partial charge in [0.2, 0.25) is 5.91 Å². The highest BCUT2D eigenvalue weighted by molar-refractivity contribution is 5.83. The summed E-state index contributed by atoms with van der Waals surface area (Å²) in [4.78, 5) is 11.9. The second kappa shape index (κ2) is 7.10. The summed E-state index contributed by atoms with van der Waals surface area (Å²) >= 11 is 0. The number of rotatable bonds is 6. The van der Waals surface area contributed by atoms with Gasteiger partial charge in [0.05, 0.1) is 6.04 Å². The molecule has 1 aromatic carbocycles. The molecule has 2 unspecified atom stereocenters. The maximum Gasteiger partial charge on any atom is 0.241 e. The second-order valence-corrected chi connectivity index (χ2v) is 4.03. The minimum Gasteiger partial charge on any atom is -0.354 e. The van der Waals surface area contributed by atoms with Gasteiger partial charge in [0, 0.05) is 14.2 Å². The Bertz CT molecular complexity index is 366. The fraction of sp³-hybridized carbons (Fsp3) is 0.462. The van der Waals surface area contributed by atoms with E-state index >= 15 is 0 Å². The minimum absolute atomic E-state index is 0.257. The molecule has 1 rings (SSSR count). The smallest absolute Gasteiger partial charge is 0.241 e. The van der Waals surface area contributed by atoms with Crippen molar-refractivity contribution >= 4 is 5.91 Å². The third-order valence-electron chi connectivity index (χ3n) is 2.68. The van der Waals surface area contributed by atoms with Crippen LogP contribution < -0.4 is 11.1 Å². The number of hydrogen-bond donors (Lipinski definition) is 2. The van der Waals surface area contributed by atoms with E-state index in [1.807, 2.05) is 30.3 Å². The Hall–Kier alpha value is -1.43. The van der Waals surface area contributed by atoms with Crippen LogP contribution in [0.4, 0.5) is 0 Å². The van der Waals surface area contributed by atoms with Gasteiger partial charge in [-0.15, -0.1) is 0 Å². The molecule has 0 aliphatic heterocycles. The summed E-state index contributed by atoms with van der Waals surface area (Å²) in [6.07, 6.45) is -0.489. The van der Waals surface area contributed by atoms with Crippen LogP contribution in [0, 0.1) is 0 Å². The molecule has 0 fully saturated rings. The lowest BCUT2D eigenvalue weighted by Gasteiger charge is -2.23. The van der Waals surface area contributed by atoms with Crippen molar-refractivity contribution in [1.29, 1.82) is 0 Å². The molecule has 0 saturated heterocycles. The number of methoxy groups -OCH3 is 2. The number of carbonyl (C=O) groups excluding carboxylic acids is 1. The second-order valence-electron chi connectivity index (χ2n) is 4.03. The fourth-order valence-electron chi connectivity index (χ4n) is 1.70. The van der Waals surface area contributed by atoms with Crippen molar-refractivity contribution in [3.8, 4) is 0 Å². The van der Waals surface area contributed by atoms with Gasteiger partial charge >= 0.3 is 0 Å². The van der Waals surface area contributed by atoms with Crippen LogP contribution in [0.3, 0.4) is 0 Å². The van der Waals surface area contributed by atoms with Crippen LogP contribution in [0.15, 0.2) is 30.3 Å². The molecule has 0 aromatic heterocycles. The van der Waals surface area contributed by atoms with Crippen LogP contribution in [0.25, 0.3) is 0 Å². The van der Waals surface area contributed by atoms with Crippen molar-refractivity contribution in [3.05, 3.63) is 35.9 Å². The standard InChI is InChI=1S/C13H20N2O3/c1-9(13(17-2)18-3)15-12(16)11(14)10-7-5-4-6-8-10/h4-9,11,13H,14H2,1-3H3,(H,15,16). The zero-order chi connectivity index (χ0) is 13.5. The Balaban J connectivity index is 2.60. The first kappa shape index (κ1) is 14.6. The number of amides is 1. The van der Waals surface area contributed by atoms with Crippen LogP contribution in [0.2, 0.25) is 0 Å². The molecule has 0 spiro atoms. The van der Waals surface area contributed by atoms with Gasteiger partial charge in [-0.3, -0.25) is 4.79 Å². The van der Waals surface area contributed by atoms with E-state index in [1.54, 1.807) is 6.92 Å². The predicted octanol–water partition coefficient (Wildman–Crippen LogP) is 0.810. The first-order valence-electron chi connectivity index (χ1n) is 5.76. The van der Waals surface area contributed by atoms with Gasteiger partial charge in [0.25, 0.3) is 0 Å². The lowest BCUT2D eigenvalue weighted by Crippen LogP contribution is -2.46. The highest BCUT2D eigenvalue weighted by atomic mass is 16.7. The van der Waals surface area contributed by atoms with E-state index in [4.69, 9.17) is 15.2 Å². The van der Waals surface area contributed by atoms with Crippen molar-refractivity contribution in [3.63, 3.8) is 0 Å². The molecule has 0 saturated carbocycles. The van der Waals surface area contributed by atoms with Crippen LogP contribution in [-0.4, -0.2) is 32.5 Å². The lowest BCUT2D eigenvalue weighted by atomic mass is 10.1. The van der Waals surface area contributed by atoms with Crippen molar-refractivity contribution in [2.24, 2.45) is 5.73 Å². The summed E-state index contributed by atoms with van der Waals surface area (Å²) in [6.45, 7) is 1.80. The molecule has 0 aliphatic rings. The molecule has 0 bridgehead atoms. The van der Waals surface area contributed by atoms with Crippen LogP contribution in [-0.2, 0) is 14.3 Å². The molecule has 5 heteroatoms. The largest absolute Gasteiger partial charge is 0.354 e. The SMILES string of the molecule is COC(OC)C(C)NC(=O)C(N)c1ccccc1. The molecule has 1 amide bonds. The molecule has 18 heavy (non-hydrogen) atoms. The normalized spacial score (nSPS) is 14.3. The summed E-state index contributed by atoms with van der Waals surface area (Å²) in [5.41, 5.74) is 6.65. The highest BCUT2D eigenvalue weighted by Crippen LogP contribution is 2.10. The third kappa shape index (κ3) is 3.80. The Morgan fingerprint density at radius 2 is 1.78 bits per heavy atom. The van der Waals surface area contributed by atoms with Crippen LogP contribution >= 0.6 is 0 Å². The van der Waals surface area contributed by atoms with Gasteiger partial charge < -0.3 is 20.5 Å². The Kier molecular flexibility index (Phi) is 5.77. The van der Waals surface area contributed by atoms with Gasteiger partial charge in [0.1, 0.15) is 6.04 Å². The van der Waals surface area contributed by atoms with Crippen molar-refractivity contribution < 1.29 is 14.3 Å². The monoisotopic (exact) mass is 252 g/mol. The molecule has 0 radical (unpaired) electrons. The van der Waals surface area contributed by atoms with E-state index in [2.05, 4.69) is 5.32 Å². The highest BCUT2D eigenvalue weighted by Gasteiger charge is 2.22. The maximum atomic E-state index is 11.9. The molecular formula is C13H20N2O3. The Morgan fingerprint density at radius 1 is 1.22 bits per heavy atom. The quantitative estimate of drug-likeness (QED) is 0.735. The number of benzene rings is 1. The van der Waals surface area contributed by atoms with Crippen molar-refractivity contribution in [2.45, 2.75) is 25.3 Å². The molecule has 3 N–H and O–H groups in total. The van der Waals surface area contributed by atoms with Gasteiger partial charge in [0.15, 0.2) is 6.29 Å². The Labute approximate surface area is 107 Å². The van der Waals surface area contributed by atoms with Crippen molar-refractivity contribution in [2.75, 3.05) is 14.2 Å². The molecule has 5 nitrogen and oxygen atoms in total. The first-order valence-corrected chi connectivity index (χ1v) is 5.76. The summed E-state index contributed by atoms with van der Waals surface area (Å²) in [5, 5.41) is 2.77. The topological polar surface area (TPSA) is 73.6 Å². The predicted molar refractivity (Wildman–Crippen MR) is 68.8 cm³/mol. The zero-order valence-corrected chi connectivity index (χ0v) is 10.9. The molecule has 0 aliphatic carbocycles. The Morgan fingerprint density at radius 3 is 2.28 bits per heavy atom. The van der Waals surface area contributed by atoms with Gasteiger partial charge in [-0.1, -0.05) is 30.3 Å². The van der Waals surface area contributed by atoms with Crippen LogP contribution in [0.1, 0.15) is 18.5 Å².